The molecule has 0 unspecified atom stereocenters. The molecule has 0 spiro atoms. The number of aryl methyl sites for hydroxylation is 1. The number of nitrogen functional groups attached to an aromatic ring is 2. The Balaban J connectivity index is 1.41. The largest absolute Gasteiger partial charge is 0.454 e. The number of furan rings is 1. The molecule has 0 radical (unpaired) electrons. The van der Waals surface area contributed by atoms with Gasteiger partial charge < -0.3 is 20.8 Å². The number of fused-ring (bicyclic) bond motifs is 1. The van der Waals surface area contributed by atoms with Crippen molar-refractivity contribution in [1.82, 2.24) is 20.0 Å². The minimum Gasteiger partial charge on any atom is -0.454 e. The van der Waals surface area contributed by atoms with E-state index in [1.54, 1.807) is 18.2 Å². The number of piperidine rings is 1. The van der Waals surface area contributed by atoms with E-state index in [4.69, 9.17) is 32.5 Å². The van der Waals surface area contributed by atoms with E-state index in [9.17, 15) is 9.59 Å². The maximum atomic E-state index is 12.7. The molecule has 11 heteroatoms. The Morgan fingerprint density at radius 3 is 2.71 bits per heavy atom. The third kappa shape index (κ3) is 5.32. The number of amides is 1. The lowest BCUT2D eigenvalue weighted by atomic mass is 10.0. The maximum Gasteiger partial charge on any atom is 0.288 e. The van der Waals surface area contributed by atoms with E-state index >= 15 is 0 Å². The Kier molecular flexibility index (Phi) is 7.53. The molecule has 2 aliphatic heterocycles. The molecule has 2 aromatic heterocycles. The number of H-pyrrole nitrogens is 1. The van der Waals surface area contributed by atoms with Crippen molar-refractivity contribution in [2.45, 2.75) is 38.6 Å². The fourth-order valence-electron chi connectivity index (χ4n) is 5.15. The molecular weight excluding hydrogens is 506 g/mol. The Labute approximate surface area is 225 Å². The second-order valence-electron chi connectivity index (χ2n) is 9.87. The first-order valence-corrected chi connectivity index (χ1v) is 13.3. The van der Waals surface area contributed by atoms with Crippen molar-refractivity contribution in [3.05, 3.63) is 62.6 Å². The Hall–Kier alpha value is -3.63. The number of anilines is 2. The first-order valence-electron chi connectivity index (χ1n) is 12.9. The molecule has 5 rings (SSSR count). The zero-order valence-corrected chi connectivity index (χ0v) is 22.1. The highest BCUT2D eigenvalue weighted by molar-refractivity contribution is 6.31. The number of nitrogens with zero attached hydrogens (tertiary/aromatic N) is 4. The summed E-state index contributed by atoms with van der Waals surface area (Å²) in [5.41, 5.74) is 13.8. The van der Waals surface area contributed by atoms with Crippen molar-refractivity contribution in [3.8, 4) is 0 Å². The highest BCUT2D eigenvalue weighted by Crippen LogP contribution is 2.32. The third-order valence-electron chi connectivity index (χ3n) is 7.31. The molecular formula is C27H32ClN7O3. The van der Waals surface area contributed by atoms with Gasteiger partial charge in [0.05, 0.1) is 11.6 Å². The molecule has 1 amide bonds. The van der Waals surface area contributed by atoms with Crippen LogP contribution in [0.15, 0.2) is 44.6 Å². The summed E-state index contributed by atoms with van der Waals surface area (Å²) in [6, 6.07) is 5.23. The molecule has 200 valence electrons. The van der Waals surface area contributed by atoms with Gasteiger partial charge in [0.25, 0.3) is 5.56 Å². The van der Waals surface area contributed by atoms with Gasteiger partial charge in [-0.1, -0.05) is 17.7 Å². The predicted octanol–water partition coefficient (Wildman–Crippen LogP) is 3.12. The van der Waals surface area contributed by atoms with E-state index in [2.05, 4.69) is 15.1 Å². The van der Waals surface area contributed by atoms with Gasteiger partial charge in [0.1, 0.15) is 17.0 Å². The van der Waals surface area contributed by atoms with E-state index < -0.39 is 5.56 Å². The molecule has 0 atom stereocenters. The normalized spacial score (nSPS) is 17.7. The van der Waals surface area contributed by atoms with Crippen LogP contribution in [0.2, 0.25) is 5.02 Å². The van der Waals surface area contributed by atoms with Crippen LogP contribution in [0.25, 0.3) is 11.0 Å². The molecule has 2 aliphatic rings. The van der Waals surface area contributed by atoms with Crippen molar-refractivity contribution in [1.29, 1.82) is 0 Å². The molecule has 2 saturated heterocycles. The van der Waals surface area contributed by atoms with Crippen LogP contribution >= 0.6 is 11.6 Å². The maximum absolute atomic E-state index is 12.7. The first-order chi connectivity index (χ1) is 18.3. The van der Waals surface area contributed by atoms with Crippen molar-refractivity contribution in [2.75, 3.05) is 44.2 Å². The Morgan fingerprint density at radius 1 is 1.24 bits per heavy atom. The highest BCUT2D eigenvalue weighted by atomic mass is 35.5. The average Bonchev–Trinajstić information content (AvgIpc) is 3.54. The topological polar surface area (TPSA) is 147 Å². The SMILES string of the molecule is Cc1c(C(=NC2CCN(C(=O)/C=C/CN3CCCC3)CC2)c2c(N)n[nH]c(=O)c2N)oc2ccc(Cl)cc12. The number of likely N-dealkylation sites (tertiary alicyclic amines) is 2. The van der Waals surface area contributed by atoms with Crippen molar-refractivity contribution in [2.24, 2.45) is 4.99 Å². The van der Waals surface area contributed by atoms with Gasteiger partial charge in [0, 0.05) is 41.7 Å². The van der Waals surface area contributed by atoms with Crippen molar-refractivity contribution >= 4 is 45.7 Å². The van der Waals surface area contributed by atoms with Crippen LogP contribution in [0.5, 0.6) is 0 Å². The van der Waals surface area contributed by atoms with E-state index in [1.165, 1.54) is 12.8 Å². The van der Waals surface area contributed by atoms with Crippen LogP contribution in [0, 0.1) is 6.92 Å². The minimum atomic E-state index is -0.556. The number of carbonyl (C=O) groups is 1. The van der Waals surface area contributed by atoms with Crippen LogP contribution in [0.3, 0.4) is 0 Å². The first kappa shape index (κ1) is 26.0. The zero-order valence-electron chi connectivity index (χ0n) is 21.4. The lowest BCUT2D eigenvalue weighted by Crippen LogP contribution is -2.39. The number of aromatic amines is 1. The third-order valence-corrected chi connectivity index (χ3v) is 7.54. The smallest absolute Gasteiger partial charge is 0.288 e. The Morgan fingerprint density at radius 2 is 1.97 bits per heavy atom. The second kappa shape index (κ2) is 11.0. The number of carbonyl (C=O) groups excluding carboxylic acids is 1. The fraction of sp³-hybridized carbons (Fsp3) is 0.407. The summed E-state index contributed by atoms with van der Waals surface area (Å²) >= 11 is 6.22. The molecule has 0 bridgehead atoms. The lowest BCUT2D eigenvalue weighted by Gasteiger charge is -2.30. The number of aliphatic imine (C=N–C) groups is 1. The van der Waals surface area contributed by atoms with Crippen LogP contribution in [-0.4, -0.2) is 70.4 Å². The summed E-state index contributed by atoms with van der Waals surface area (Å²) in [7, 11) is 0. The predicted molar refractivity (Wildman–Crippen MR) is 150 cm³/mol. The molecule has 0 saturated carbocycles. The standard InChI is InChI=1S/C27H32ClN7O3/c1-16-19-15-17(28)6-7-20(19)38-25(16)24(22-23(29)27(37)33-32-26(22)30)31-18-8-13-35(14-9-18)21(36)5-4-12-34-10-2-3-11-34/h4-7,15,18H,2-3,8-14H2,1H3,(H,33,37)(H4,29,30,32)/b5-4+,31-24?. The number of hydrogen-bond donors (Lipinski definition) is 3. The molecule has 4 heterocycles. The zero-order chi connectivity index (χ0) is 26.8. The Bertz CT molecular complexity index is 1460. The van der Waals surface area contributed by atoms with Crippen LogP contribution in [0.4, 0.5) is 11.5 Å². The summed E-state index contributed by atoms with van der Waals surface area (Å²) in [5, 5.41) is 7.64. The minimum absolute atomic E-state index is 0.0177. The molecule has 3 aromatic rings. The van der Waals surface area contributed by atoms with Gasteiger partial charge in [-0.3, -0.25) is 19.5 Å². The average molecular weight is 538 g/mol. The molecule has 38 heavy (non-hydrogen) atoms. The van der Waals surface area contributed by atoms with E-state index in [-0.39, 0.29) is 29.0 Å². The number of benzene rings is 1. The summed E-state index contributed by atoms with van der Waals surface area (Å²) in [5.74, 6) is 0.523. The van der Waals surface area contributed by atoms with Crippen LogP contribution in [0.1, 0.15) is 42.6 Å². The van der Waals surface area contributed by atoms with Crippen LogP contribution < -0.4 is 17.0 Å². The lowest BCUT2D eigenvalue weighted by molar-refractivity contribution is -0.127. The number of hydrogen-bond acceptors (Lipinski definition) is 8. The van der Waals surface area contributed by atoms with E-state index in [1.807, 2.05) is 24.0 Å². The van der Waals surface area contributed by atoms with Gasteiger partial charge in [-0.05, 0) is 63.9 Å². The molecule has 1 aromatic carbocycles. The molecule has 5 N–H and O–H groups in total. The molecule has 0 aliphatic carbocycles. The summed E-state index contributed by atoms with van der Waals surface area (Å²) in [4.78, 5) is 34.3. The monoisotopic (exact) mass is 537 g/mol. The van der Waals surface area contributed by atoms with Gasteiger partial charge in [-0.15, -0.1) is 0 Å². The summed E-state index contributed by atoms with van der Waals surface area (Å²) < 4.78 is 6.19. The number of aromatic nitrogens is 2. The van der Waals surface area contributed by atoms with Gasteiger partial charge in [-0.2, -0.15) is 5.10 Å². The highest BCUT2D eigenvalue weighted by Gasteiger charge is 2.27. The van der Waals surface area contributed by atoms with Gasteiger partial charge in [0.15, 0.2) is 11.6 Å². The van der Waals surface area contributed by atoms with Gasteiger partial charge in [0.2, 0.25) is 5.91 Å². The van der Waals surface area contributed by atoms with E-state index in [0.29, 0.717) is 48.0 Å². The number of nitrogens with one attached hydrogen (secondary N) is 1. The number of halogens is 1. The fourth-order valence-corrected chi connectivity index (χ4v) is 5.33. The number of rotatable bonds is 6. The summed E-state index contributed by atoms with van der Waals surface area (Å²) in [6.45, 7) is 6.05. The second-order valence-corrected chi connectivity index (χ2v) is 10.3. The van der Waals surface area contributed by atoms with Gasteiger partial charge in [-0.25, -0.2) is 5.10 Å². The summed E-state index contributed by atoms with van der Waals surface area (Å²) in [6.07, 6.45) is 7.39. The van der Waals surface area contributed by atoms with Crippen LogP contribution in [-0.2, 0) is 4.79 Å². The van der Waals surface area contributed by atoms with Gasteiger partial charge >= 0.3 is 0 Å². The quantitative estimate of drug-likeness (QED) is 0.323. The molecule has 10 nitrogen and oxygen atoms in total. The van der Waals surface area contributed by atoms with Crippen molar-refractivity contribution < 1.29 is 9.21 Å². The van der Waals surface area contributed by atoms with E-state index in [0.717, 1.165) is 30.6 Å². The number of nitrogens with two attached hydrogens (primary N) is 2. The van der Waals surface area contributed by atoms with Crippen molar-refractivity contribution in [3.63, 3.8) is 0 Å². The molecule has 2 fully saturated rings.